The molecule has 2 heteroatoms. The van der Waals surface area contributed by atoms with Gasteiger partial charge in [0, 0.05) is 19.1 Å². The lowest BCUT2D eigenvalue weighted by molar-refractivity contribution is 0.178. The van der Waals surface area contributed by atoms with Crippen molar-refractivity contribution in [1.29, 1.82) is 0 Å². The molecule has 0 unspecified atom stereocenters. The molecular weight excluding hydrogens is 220 g/mol. The molecular formula is C16H26N2. The zero-order valence-corrected chi connectivity index (χ0v) is 12.2. The number of rotatable bonds is 4. The van der Waals surface area contributed by atoms with Crippen LogP contribution >= 0.6 is 0 Å². The highest BCUT2D eigenvalue weighted by atomic mass is 15.1. The molecule has 0 spiro atoms. The van der Waals surface area contributed by atoms with Crippen LogP contribution in [0.25, 0.3) is 0 Å². The molecule has 0 aliphatic heterocycles. The molecule has 1 aliphatic carbocycles. The Labute approximate surface area is 111 Å². The highest BCUT2D eigenvalue weighted by Gasteiger charge is 2.26. The van der Waals surface area contributed by atoms with Gasteiger partial charge < -0.3 is 10.6 Å². The fourth-order valence-corrected chi connectivity index (χ4v) is 3.17. The van der Waals surface area contributed by atoms with Crippen molar-refractivity contribution in [2.75, 3.05) is 13.6 Å². The molecule has 0 saturated heterocycles. The van der Waals surface area contributed by atoms with E-state index < -0.39 is 0 Å². The van der Waals surface area contributed by atoms with Crippen LogP contribution in [0.1, 0.15) is 35.1 Å². The average molecular weight is 246 g/mol. The summed E-state index contributed by atoms with van der Waals surface area (Å²) in [6.07, 6.45) is 2.41. The molecule has 2 rings (SSSR count). The number of benzene rings is 1. The van der Waals surface area contributed by atoms with E-state index in [2.05, 4.69) is 44.9 Å². The predicted molar refractivity (Wildman–Crippen MR) is 77.7 cm³/mol. The van der Waals surface area contributed by atoms with Crippen molar-refractivity contribution in [3.63, 3.8) is 0 Å². The monoisotopic (exact) mass is 246 g/mol. The molecule has 18 heavy (non-hydrogen) atoms. The highest BCUT2D eigenvalue weighted by Crippen LogP contribution is 2.27. The summed E-state index contributed by atoms with van der Waals surface area (Å²) >= 11 is 0. The lowest BCUT2D eigenvalue weighted by Gasteiger charge is -2.35. The van der Waals surface area contributed by atoms with Crippen molar-refractivity contribution in [1.82, 2.24) is 4.90 Å². The molecule has 1 fully saturated rings. The fourth-order valence-electron chi connectivity index (χ4n) is 3.17. The van der Waals surface area contributed by atoms with Gasteiger partial charge in [0.25, 0.3) is 0 Å². The van der Waals surface area contributed by atoms with E-state index in [1.807, 2.05) is 0 Å². The van der Waals surface area contributed by atoms with Gasteiger partial charge in [-0.25, -0.2) is 0 Å². The van der Waals surface area contributed by atoms with Crippen LogP contribution in [0.15, 0.2) is 12.1 Å². The van der Waals surface area contributed by atoms with Crippen molar-refractivity contribution < 1.29 is 0 Å². The summed E-state index contributed by atoms with van der Waals surface area (Å²) in [6.45, 7) is 8.86. The molecule has 2 N–H and O–H groups in total. The maximum absolute atomic E-state index is 5.84. The Morgan fingerprint density at radius 2 is 1.72 bits per heavy atom. The maximum Gasteiger partial charge on any atom is 0.0236 e. The minimum atomic E-state index is 0.464. The van der Waals surface area contributed by atoms with E-state index in [1.54, 1.807) is 0 Å². The van der Waals surface area contributed by atoms with E-state index >= 15 is 0 Å². The second kappa shape index (κ2) is 5.41. The van der Waals surface area contributed by atoms with Gasteiger partial charge >= 0.3 is 0 Å². The Kier molecular flexibility index (Phi) is 4.08. The average Bonchev–Trinajstić information content (AvgIpc) is 2.21. The predicted octanol–water partition coefficient (Wildman–Crippen LogP) is 2.78. The molecule has 100 valence electrons. The molecule has 2 nitrogen and oxygen atoms in total. The summed E-state index contributed by atoms with van der Waals surface area (Å²) in [5.41, 5.74) is 11.5. The zero-order chi connectivity index (χ0) is 13.3. The Bertz CT molecular complexity index is 396. The van der Waals surface area contributed by atoms with Gasteiger partial charge in [-0.2, -0.15) is 0 Å². The molecule has 1 aliphatic rings. The summed E-state index contributed by atoms with van der Waals surface area (Å²) in [5, 5.41) is 0. The molecule has 1 saturated carbocycles. The smallest absolute Gasteiger partial charge is 0.0236 e. The van der Waals surface area contributed by atoms with Gasteiger partial charge in [0.05, 0.1) is 0 Å². The Hall–Kier alpha value is -0.860. The molecule has 0 heterocycles. The van der Waals surface area contributed by atoms with Crippen molar-refractivity contribution in [2.24, 2.45) is 11.7 Å². The topological polar surface area (TPSA) is 29.3 Å². The second-order valence-corrected chi connectivity index (χ2v) is 6.17. The summed E-state index contributed by atoms with van der Waals surface area (Å²) in [4.78, 5) is 2.45. The van der Waals surface area contributed by atoms with Gasteiger partial charge in [-0.05, 0) is 63.3 Å². The first-order valence-corrected chi connectivity index (χ1v) is 6.96. The minimum Gasteiger partial charge on any atom is -0.328 e. The van der Waals surface area contributed by atoms with Crippen LogP contribution in [0.2, 0.25) is 0 Å². The molecule has 0 bridgehead atoms. The first-order chi connectivity index (χ1) is 8.45. The summed E-state index contributed by atoms with van der Waals surface area (Å²) in [7, 11) is 2.22. The summed E-state index contributed by atoms with van der Waals surface area (Å²) < 4.78 is 0. The summed E-state index contributed by atoms with van der Waals surface area (Å²) in [5.74, 6) is 0.816. The first-order valence-electron chi connectivity index (χ1n) is 6.96. The van der Waals surface area contributed by atoms with Gasteiger partial charge in [0.15, 0.2) is 0 Å². The zero-order valence-electron chi connectivity index (χ0n) is 12.2. The Morgan fingerprint density at radius 1 is 1.17 bits per heavy atom. The van der Waals surface area contributed by atoms with Gasteiger partial charge in [-0.15, -0.1) is 0 Å². The van der Waals surface area contributed by atoms with Crippen LogP contribution in [-0.2, 0) is 6.54 Å². The standard InChI is InChI=1S/C16H26N2/c1-11-5-12(2)16(13(3)6-11)10-18(4)9-14-7-15(17)8-14/h5-6,14-15H,7-10,17H2,1-4H3. The van der Waals surface area contributed by atoms with E-state index in [0.717, 1.165) is 12.5 Å². The SMILES string of the molecule is Cc1cc(C)c(CN(C)CC2CC(N)C2)c(C)c1. The Balaban J connectivity index is 1.96. The van der Waals surface area contributed by atoms with Crippen LogP contribution in [-0.4, -0.2) is 24.5 Å². The first kappa shape index (κ1) is 13.6. The van der Waals surface area contributed by atoms with Gasteiger partial charge in [-0.1, -0.05) is 17.7 Å². The van der Waals surface area contributed by atoms with Gasteiger partial charge in [-0.3, -0.25) is 0 Å². The van der Waals surface area contributed by atoms with E-state index in [4.69, 9.17) is 5.73 Å². The quantitative estimate of drug-likeness (QED) is 0.885. The molecule has 1 aromatic carbocycles. The van der Waals surface area contributed by atoms with Crippen molar-refractivity contribution in [3.05, 3.63) is 34.4 Å². The van der Waals surface area contributed by atoms with E-state index in [-0.39, 0.29) is 0 Å². The number of hydrogen-bond acceptors (Lipinski definition) is 2. The van der Waals surface area contributed by atoms with Crippen LogP contribution in [0.3, 0.4) is 0 Å². The van der Waals surface area contributed by atoms with E-state index in [0.29, 0.717) is 6.04 Å². The number of hydrogen-bond donors (Lipinski definition) is 1. The molecule has 0 atom stereocenters. The number of nitrogens with two attached hydrogens (primary N) is 1. The number of nitrogens with zero attached hydrogens (tertiary/aromatic N) is 1. The fraction of sp³-hybridized carbons (Fsp3) is 0.625. The van der Waals surface area contributed by atoms with Crippen LogP contribution < -0.4 is 5.73 Å². The van der Waals surface area contributed by atoms with E-state index in [1.165, 1.54) is 41.6 Å². The highest BCUT2D eigenvalue weighted by molar-refractivity contribution is 5.37. The van der Waals surface area contributed by atoms with Crippen molar-refractivity contribution >= 4 is 0 Å². The van der Waals surface area contributed by atoms with Gasteiger partial charge in [0.1, 0.15) is 0 Å². The third-order valence-corrected chi connectivity index (χ3v) is 4.11. The van der Waals surface area contributed by atoms with Crippen molar-refractivity contribution in [2.45, 2.75) is 46.2 Å². The van der Waals surface area contributed by atoms with Crippen LogP contribution in [0, 0.1) is 26.7 Å². The van der Waals surface area contributed by atoms with Gasteiger partial charge in [0.2, 0.25) is 0 Å². The Morgan fingerprint density at radius 3 is 2.22 bits per heavy atom. The second-order valence-electron chi connectivity index (χ2n) is 6.17. The van der Waals surface area contributed by atoms with Crippen molar-refractivity contribution in [3.8, 4) is 0 Å². The molecule has 1 aromatic rings. The largest absolute Gasteiger partial charge is 0.328 e. The molecule has 0 radical (unpaired) electrons. The molecule has 0 amide bonds. The third kappa shape index (κ3) is 3.12. The normalized spacial score (nSPS) is 23.2. The summed E-state index contributed by atoms with van der Waals surface area (Å²) in [6, 6.07) is 5.04. The van der Waals surface area contributed by atoms with Crippen LogP contribution in [0.4, 0.5) is 0 Å². The molecule has 0 aromatic heterocycles. The lowest BCUT2D eigenvalue weighted by atomic mass is 9.80. The third-order valence-electron chi connectivity index (χ3n) is 4.11. The van der Waals surface area contributed by atoms with E-state index in [9.17, 15) is 0 Å². The van der Waals surface area contributed by atoms with Crippen LogP contribution in [0.5, 0.6) is 0 Å². The maximum atomic E-state index is 5.84. The minimum absolute atomic E-state index is 0.464. The lowest BCUT2D eigenvalue weighted by Crippen LogP contribution is -2.41. The number of aryl methyl sites for hydroxylation is 3.